The van der Waals surface area contributed by atoms with E-state index in [1.54, 1.807) is 0 Å². The van der Waals surface area contributed by atoms with Crippen LogP contribution in [-0.4, -0.2) is 0 Å². The zero-order valence-corrected chi connectivity index (χ0v) is 8.77. The van der Waals surface area contributed by atoms with Gasteiger partial charge in [0.2, 0.25) is 0 Å². The average molecular weight is 238 g/mol. The maximum Gasteiger partial charge on any atom is -0.0205 e. The van der Waals surface area contributed by atoms with E-state index >= 15 is 0 Å². The molecule has 9 heavy (non-hydrogen) atoms. The van der Waals surface area contributed by atoms with E-state index in [2.05, 4.69) is 39.7 Å². The number of halogens is 1. The monoisotopic (exact) mass is 238 g/mol. The van der Waals surface area contributed by atoms with Crippen LogP contribution in [0.4, 0.5) is 0 Å². The highest BCUT2D eigenvalue weighted by Crippen LogP contribution is 1.97. The molecule has 0 heterocycles. The summed E-state index contributed by atoms with van der Waals surface area (Å²) in [6, 6.07) is 0. The van der Waals surface area contributed by atoms with Gasteiger partial charge in [-0.3, -0.25) is 0 Å². The van der Waals surface area contributed by atoms with Crippen LogP contribution in [-0.2, 0) is 0 Å². The summed E-state index contributed by atoms with van der Waals surface area (Å²) in [7, 11) is 0. The van der Waals surface area contributed by atoms with Gasteiger partial charge in [-0.15, -0.1) is 0 Å². The highest BCUT2D eigenvalue weighted by Gasteiger charge is 1.70. The Morgan fingerprint density at radius 2 is 1.78 bits per heavy atom. The van der Waals surface area contributed by atoms with Crippen LogP contribution in [0, 0.1) is 0 Å². The van der Waals surface area contributed by atoms with Gasteiger partial charge in [-0.2, -0.15) is 0 Å². The summed E-state index contributed by atoms with van der Waals surface area (Å²) in [5.74, 6) is 0. The minimum atomic E-state index is 1.31. The van der Waals surface area contributed by atoms with Gasteiger partial charge in [0.15, 0.2) is 0 Å². The van der Waals surface area contributed by atoms with Crippen molar-refractivity contribution in [2.75, 3.05) is 0 Å². The summed E-state index contributed by atoms with van der Waals surface area (Å²) >= 11 is 2.22. The fourth-order valence-electron chi connectivity index (χ4n) is 0.299. The summed E-state index contributed by atoms with van der Waals surface area (Å²) in [5.41, 5.74) is 1.31. The molecule has 0 saturated heterocycles. The Labute approximate surface area is 72.2 Å². The van der Waals surface area contributed by atoms with E-state index in [0.29, 0.717) is 0 Å². The van der Waals surface area contributed by atoms with E-state index in [9.17, 15) is 0 Å². The van der Waals surface area contributed by atoms with E-state index in [0.717, 1.165) is 0 Å². The first kappa shape index (κ1) is 11.9. The quantitative estimate of drug-likeness (QED) is 0.479. The predicted molar refractivity (Wildman–Crippen MR) is 53.9 cm³/mol. The molecule has 1 heteroatoms. The standard InChI is InChI=1S/C6H9I.C2H6/c1-3-4-6(2)5-7;1-2/h3-5H,1-2H3;1-2H3/b4-3-,6-5-;. The molecule has 0 aliphatic rings. The van der Waals surface area contributed by atoms with Crippen LogP contribution in [0.15, 0.2) is 21.8 Å². The number of hydrogen-bond acceptors (Lipinski definition) is 0. The van der Waals surface area contributed by atoms with Gasteiger partial charge in [0.1, 0.15) is 0 Å². The van der Waals surface area contributed by atoms with Crippen molar-refractivity contribution in [3.63, 3.8) is 0 Å². The van der Waals surface area contributed by atoms with Crippen molar-refractivity contribution in [1.82, 2.24) is 0 Å². The van der Waals surface area contributed by atoms with Gasteiger partial charge in [0.25, 0.3) is 0 Å². The topological polar surface area (TPSA) is 0 Å². The molecule has 0 unspecified atom stereocenters. The van der Waals surface area contributed by atoms with Crippen molar-refractivity contribution in [3.05, 3.63) is 21.8 Å². The first-order chi connectivity index (χ1) is 4.31. The number of hydrogen-bond donors (Lipinski definition) is 0. The lowest BCUT2D eigenvalue weighted by Crippen LogP contribution is -1.57. The Balaban J connectivity index is 0. The lowest BCUT2D eigenvalue weighted by atomic mass is 10.3. The maximum absolute atomic E-state index is 2.22. The lowest BCUT2D eigenvalue weighted by molar-refractivity contribution is 1.50. The molecule has 0 aromatic heterocycles. The molecule has 0 N–H and O–H groups in total. The van der Waals surface area contributed by atoms with Crippen molar-refractivity contribution in [1.29, 1.82) is 0 Å². The van der Waals surface area contributed by atoms with Crippen LogP contribution in [0.5, 0.6) is 0 Å². The van der Waals surface area contributed by atoms with Crippen LogP contribution in [0.25, 0.3) is 0 Å². The first-order valence-electron chi connectivity index (χ1n) is 3.21. The molecule has 54 valence electrons. The number of allylic oxidation sites excluding steroid dienone is 3. The van der Waals surface area contributed by atoms with Crippen molar-refractivity contribution in [2.24, 2.45) is 0 Å². The molecule has 0 aromatic rings. The van der Waals surface area contributed by atoms with Gasteiger partial charge in [-0.25, -0.2) is 0 Å². The molecule has 0 radical (unpaired) electrons. The number of rotatable bonds is 1. The molecule has 0 fully saturated rings. The van der Waals surface area contributed by atoms with Crippen LogP contribution < -0.4 is 0 Å². The maximum atomic E-state index is 2.22. The van der Waals surface area contributed by atoms with Crippen LogP contribution in [0.3, 0.4) is 0 Å². The zero-order chi connectivity index (χ0) is 7.70. The lowest BCUT2D eigenvalue weighted by Gasteiger charge is -1.80. The second-order valence-corrected chi connectivity index (χ2v) is 1.98. The van der Waals surface area contributed by atoms with Crippen LogP contribution >= 0.6 is 22.6 Å². The third-order valence-electron chi connectivity index (χ3n) is 0.602. The smallest absolute Gasteiger partial charge is 0.0205 e. The summed E-state index contributed by atoms with van der Waals surface area (Å²) < 4.78 is 2.05. The van der Waals surface area contributed by atoms with E-state index in [-0.39, 0.29) is 0 Å². The van der Waals surface area contributed by atoms with Crippen molar-refractivity contribution in [3.8, 4) is 0 Å². The highest BCUT2D eigenvalue weighted by molar-refractivity contribution is 14.1. The van der Waals surface area contributed by atoms with Crippen molar-refractivity contribution < 1.29 is 0 Å². The zero-order valence-electron chi connectivity index (χ0n) is 6.61. The summed E-state index contributed by atoms with van der Waals surface area (Å²) in [6.07, 6.45) is 4.11. The SMILES string of the molecule is C/C=C\C(C)=C/I.CC. The molecule has 0 bridgehead atoms. The Hall–Kier alpha value is 0.210. The minimum absolute atomic E-state index is 1.31. The second-order valence-electron chi connectivity index (χ2n) is 1.35. The van der Waals surface area contributed by atoms with Crippen molar-refractivity contribution >= 4 is 22.6 Å². The van der Waals surface area contributed by atoms with Crippen LogP contribution in [0.2, 0.25) is 0 Å². The Morgan fingerprint density at radius 1 is 1.33 bits per heavy atom. The third kappa shape index (κ3) is 11.7. The van der Waals surface area contributed by atoms with Gasteiger partial charge in [0, 0.05) is 0 Å². The van der Waals surface area contributed by atoms with Gasteiger partial charge >= 0.3 is 0 Å². The third-order valence-corrected chi connectivity index (χ3v) is 1.58. The largest absolute Gasteiger partial charge is 0.0874 e. The summed E-state index contributed by atoms with van der Waals surface area (Å²) in [6.45, 7) is 8.09. The van der Waals surface area contributed by atoms with Crippen molar-refractivity contribution in [2.45, 2.75) is 27.7 Å². The molecule has 0 aliphatic heterocycles. The van der Waals surface area contributed by atoms with Crippen LogP contribution in [0.1, 0.15) is 27.7 Å². The molecule has 0 atom stereocenters. The first-order valence-corrected chi connectivity index (χ1v) is 4.45. The van der Waals surface area contributed by atoms with E-state index in [1.807, 2.05) is 26.8 Å². The fourth-order valence-corrected chi connectivity index (χ4v) is 0.507. The molecule has 0 spiro atoms. The minimum Gasteiger partial charge on any atom is -0.0874 e. The van der Waals surface area contributed by atoms with E-state index < -0.39 is 0 Å². The van der Waals surface area contributed by atoms with E-state index in [1.165, 1.54) is 5.57 Å². The van der Waals surface area contributed by atoms with E-state index in [4.69, 9.17) is 0 Å². The normalized spacial score (nSPS) is 11.0. The predicted octanol–water partition coefficient (Wildman–Crippen LogP) is 3.93. The summed E-state index contributed by atoms with van der Waals surface area (Å²) in [4.78, 5) is 0. The molecule has 0 saturated carbocycles. The molecule has 0 aromatic carbocycles. The Morgan fingerprint density at radius 3 is 1.89 bits per heavy atom. The molecular weight excluding hydrogens is 223 g/mol. The average Bonchev–Trinajstić information content (AvgIpc) is 1.93. The van der Waals surface area contributed by atoms with Gasteiger partial charge in [-0.05, 0) is 23.5 Å². The Bertz CT molecular complexity index is 90.7. The Kier molecular flexibility index (Phi) is 14.7. The van der Waals surface area contributed by atoms with Gasteiger partial charge in [0.05, 0.1) is 0 Å². The molecular formula is C8H15I. The molecule has 0 aliphatic carbocycles. The highest BCUT2D eigenvalue weighted by atomic mass is 127. The van der Waals surface area contributed by atoms with Gasteiger partial charge < -0.3 is 0 Å². The fraction of sp³-hybridized carbons (Fsp3) is 0.500. The second kappa shape index (κ2) is 11.1. The molecule has 0 nitrogen and oxygen atoms in total. The van der Waals surface area contributed by atoms with Gasteiger partial charge in [-0.1, -0.05) is 48.6 Å². The summed E-state index contributed by atoms with van der Waals surface area (Å²) in [5, 5.41) is 0. The molecule has 0 amide bonds. The molecule has 0 rings (SSSR count).